The summed E-state index contributed by atoms with van der Waals surface area (Å²) in [4.78, 5) is 14.6. The van der Waals surface area contributed by atoms with E-state index in [1.807, 2.05) is 38.1 Å². The molecule has 1 fully saturated rings. The number of anilines is 1. The minimum Gasteiger partial charge on any atom is -0.486 e. The lowest BCUT2D eigenvalue weighted by Crippen LogP contribution is -2.33. The number of aryl methyl sites for hydroxylation is 1. The zero-order valence-corrected chi connectivity index (χ0v) is 15.3. The summed E-state index contributed by atoms with van der Waals surface area (Å²) in [7, 11) is 0. The molecule has 25 heavy (non-hydrogen) atoms. The average Bonchev–Trinajstić information content (AvgIpc) is 3.32. The van der Waals surface area contributed by atoms with E-state index in [-0.39, 0.29) is 23.8 Å². The maximum Gasteiger partial charge on any atom is 0.293 e. The smallest absolute Gasteiger partial charge is 0.293 e. The maximum atomic E-state index is 12.8. The summed E-state index contributed by atoms with van der Waals surface area (Å²) in [5.74, 6) is -0.211. The van der Waals surface area contributed by atoms with Crippen LogP contribution in [-0.4, -0.2) is 36.8 Å². The second-order valence-electron chi connectivity index (χ2n) is 6.82. The third-order valence-corrected chi connectivity index (χ3v) is 4.46. The maximum absolute atomic E-state index is 12.8. The molecule has 0 aromatic heterocycles. The first-order valence-corrected chi connectivity index (χ1v) is 8.63. The van der Waals surface area contributed by atoms with E-state index in [1.54, 1.807) is 4.90 Å². The number of nitrogens with one attached hydrogen (secondary N) is 2. The lowest BCUT2D eigenvalue weighted by atomic mass is 10.2. The standard InChI is InChI=1S/C19H28N4O2/c1-4-23(13-21)16(11-20)17(25-12-19(3)8-9-19)18(24)22-15-7-5-6-14(2)10-15/h5-7,10-11,20H,4,8-9,12-13,21H2,1-3H3,(H,22,24). The Morgan fingerprint density at radius 2 is 2.20 bits per heavy atom. The molecule has 0 heterocycles. The number of nitrogens with zero attached hydrogens (tertiary/aromatic N) is 1. The summed E-state index contributed by atoms with van der Waals surface area (Å²) in [5, 5.41) is 10.6. The fraction of sp³-hybridized carbons (Fsp3) is 0.474. The van der Waals surface area contributed by atoms with Crippen LogP contribution >= 0.6 is 0 Å². The highest BCUT2D eigenvalue weighted by Gasteiger charge is 2.39. The second-order valence-corrected chi connectivity index (χ2v) is 6.82. The van der Waals surface area contributed by atoms with Crippen molar-refractivity contribution in [1.82, 2.24) is 4.90 Å². The summed E-state index contributed by atoms with van der Waals surface area (Å²) in [6.07, 6.45) is 3.32. The Bertz CT molecular complexity index is 661. The molecule has 0 spiro atoms. The molecule has 0 bridgehead atoms. The number of carbonyl (C=O) groups is 1. The van der Waals surface area contributed by atoms with E-state index in [9.17, 15) is 4.79 Å². The van der Waals surface area contributed by atoms with E-state index in [2.05, 4.69) is 12.2 Å². The van der Waals surface area contributed by atoms with Gasteiger partial charge in [0.2, 0.25) is 5.76 Å². The first-order valence-electron chi connectivity index (χ1n) is 8.63. The van der Waals surface area contributed by atoms with Crippen molar-refractivity contribution < 1.29 is 9.53 Å². The average molecular weight is 344 g/mol. The fourth-order valence-corrected chi connectivity index (χ4v) is 2.47. The molecule has 1 aromatic rings. The Morgan fingerprint density at radius 3 is 2.72 bits per heavy atom. The van der Waals surface area contributed by atoms with Crippen LogP contribution < -0.4 is 11.1 Å². The van der Waals surface area contributed by atoms with Gasteiger partial charge in [-0.1, -0.05) is 19.1 Å². The molecule has 0 radical (unpaired) electrons. The van der Waals surface area contributed by atoms with Gasteiger partial charge in [-0.3, -0.25) is 4.79 Å². The molecule has 0 atom stereocenters. The zero-order valence-electron chi connectivity index (χ0n) is 15.3. The highest BCUT2D eigenvalue weighted by molar-refractivity contribution is 6.05. The topological polar surface area (TPSA) is 91.4 Å². The molecule has 1 aliphatic carbocycles. The van der Waals surface area contributed by atoms with Crippen LogP contribution in [0.25, 0.3) is 0 Å². The molecular weight excluding hydrogens is 316 g/mol. The summed E-state index contributed by atoms with van der Waals surface area (Å²) in [6.45, 7) is 7.28. The van der Waals surface area contributed by atoms with Crippen LogP contribution in [0.15, 0.2) is 35.7 Å². The molecule has 6 heteroatoms. The summed E-state index contributed by atoms with van der Waals surface area (Å²) in [5.41, 5.74) is 8.05. The Hall–Kier alpha value is -2.34. The summed E-state index contributed by atoms with van der Waals surface area (Å²) >= 11 is 0. The van der Waals surface area contributed by atoms with Gasteiger partial charge in [0.05, 0.1) is 13.3 Å². The number of nitrogens with two attached hydrogens (primary N) is 1. The van der Waals surface area contributed by atoms with Crippen LogP contribution in [0.5, 0.6) is 0 Å². The number of hydrogen-bond donors (Lipinski definition) is 3. The van der Waals surface area contributed by atoms with Gasteiger partial charge in [-0.25, -0.2) is 0 Å². The number of amides is 1. The van der Waals surface area contributed by atoms with Gasteiger partial charge in [-0.2, -0.15) is 0 Å². The molecule has 0 unspecified atom stereocenters. The van der Waals surface area contributed by atoms with Crippen molar-refractivity contribution >= 4 is 17.8 Å². The Kier molecular flexibility index (Phi) is 6.20. The largest absolute Gasteiger partial charge is 0.486 e. The number of ether oxygens (including phenoxy) is 1. The summed E-state index contributed by atoms with van der Waals surface area (Å²) in [6, 6.07) is 7.57. The lowest BCUT2D eigenvalue weighted by molar-refractivity contribution is -0.116. The number of allylic oxidation sites excluding steroid dienone is 1. The lowest BCUT2D eigenvalue weighted by Gasteiger charge is -2.24. The van der Waals surface area contributed by atoms with Crippen LogP contribution in [0.4, 0.5) is 5.69 Å². The van der Waals surface area contributed by atoms with Crippen LogP contribution in [0, 0.1) is 17.7 Å². The molecule has 1 aliphatic rings. The number of benzene rings is 1. The van der Waals surface area contributed by atoms with Crippen LogP contribution in [0.2, 0.25) is 0 Å². The van der Waals surface area contributed by atoms with Crippen LogP contribution in [0.1, 0.15) is 32.3 Å². The predicted octanol–water partition coefficient (Wildman–Crippen LogP) is 2.85. The van der Waals surface area contributed by atoms with E-state index < -0.39 is 0 Å². The molecule has 6 nitrogen and oxygen atoms in total. The zero-order chi connectivity index (χ0) is 18.4. The molecule has 1 saturated carbocycles. The van der Waals surface area contributed by atoms with E-state index in [4.69, 9.17) is 15.9 Å². The van der Waals surface area contributed by atoms with Gasteiger partial charge in [0, 0.05) is 23.9 Å². The van der Waals surface area contributed by atoms with Gasteiger partial charge in [0.15, 0.2) is 0 Å². The summed E-state index contributed by atoms with van der Waals surface area (Å²) < 4.78 is 5.89. The molecule has 1 aromatic carbocycles. The Balaban J connectivity index is 2.28. The molecule has 2 rings (SSSR count). The third kappa shape index (κ3) is 5.06. The van der Waals surface area contributed by atoms with Crippen molar-refractivity contribution in [2.24, 2.45) is 11.1 Å². The number of rotatable bonds is 9. The normalized spacial score (nSPS) is 15.8. The fourth-order valence-electron chi connectivity index (χ4n) is 2.47. The molecule has 0 aliphatic heterocycles. The molecular formula is C19H28N4O2. The molecule has 0 saturated heterocycles. The van der Waals surface area contributed by atoms with E-state index in [0.29, 0.717) is 24.5 Å². The monoisotopic (exact) mass is 344 g/mol. The van der Waals surface area contributed by atoms with E-state index >= 15 is 0 Å². The Labute approximate surface area is 149 Å². The van der Waals surface area contributed by atoms with Crippen LogP contribution in [-0.2, 0) is 9.53 Å². The second kappa shape index (κ2) is 8.16. The number of carbonyl (C=O) groups excluding carboxylic acids is 1. The van der Waals surface area contributed by atoms with Crippen molar-refractivity contribution in [2.45, 2.75) is 33.6 Å². The van der Waals surface area contributed by atoms with Crippen molar-refractivity contribution in [2.75, 3.05) is 25.1 Å². The minimum atomic E-state index is -0.361. The molecule has 1 amide bonds. The third-order valence-electron chi connectivity index (χ3n) is 4.46. The van der Waals surface area contributed by atoms with Crippen molar-refractivity contribution in [1.29, 1.82) is 5.41 Å². The first kappa shape index (κ1) is 19.0. The molecule has 136 valence electrons. The SMILES string of the molecule is CCN(CN)C(C=N)=C(OCC1(C)CC1)C(=O)Nc1cccc(C)c1. The van der Waals surface area contributed by atoms with Crippen molar-refractivity contribution in [3.8, 4) is 0 Å². The van der Waals surface area contributed by atoms with Gasteiger partial charge in [-0.05, 0) is 44.4 Å². The van der Waals surface area contributed by atoms with Gasteiger partial charge in [0.1, 0.15) is 5.70 Å². The molecule has 4 N–H and O–H groups in total. The highest BCUT2D eigenvalue weighted by atomic mass is 16.5. The van der Waals surface area contributed by atoms with E-state index in [1.165, 1.54) is 0 Å². The predicted molar refractivity (Wildman–Crippen MR) is 100 cm³/mol. The van der Waals surface area contributed by atoms with Gasteiger partial charge >= 0.3 is 0 Å². The highest BCUT2D eigenvalue weighted by Crippen LogP contribution is 2.45. The minimum absolute atomic E-state index is 0.127. The Morgan fingerprint density at radius 1 is 1.48 bits per heavy atom. The van der Waals surface area contributed by atoms with Crippen molar-refractivity contribution in [3.63, 3.8) is 0 Å². The first-order chi connectivity index (χ1) is 11.9. The van der Waals surface area contributed by atoms with Crippen molar-refractivity contribution in [3.05, 3.63) is 41.3 Å². The van der Waals surface area contributed by atoms with Gasteiger partial charge < -0.3 is 26.1 Å². The quantitative estimate of drug-likeness (QED) is 0.278. The number of hydrogen-bond acceptors (Lipinski definition) is 5. The van der Waals surface area contributed by atoms with Gasteiger partial charge in [0.25, 0.3) is 5.91 Å². The van der Waals surface area contributed by atoms with Gasteiger partial charge in [-0.15, -0.1) is 0 Å². The van der Waals surface area contributed by atoms with E-state index in [0.717, 1.165) is 24.6 Å². The van der Waals surface area contributed by atoms with Crippen LogP contribution in [0.3, 0.4) is 0 Å².